The Hall–Kier alpha value is -0.740. The second kappa shape index (κ2) is 7.15. The second-order valence-corrected chi connectivity index (χ2v) is 5.54. The van der Waals surface area contributed by atoms with Crippen LogP contribution in [0.15, 0.2) is 22.7 Å². The number of hydrogen-bond donors (Lipinski definition) is 1. The summed E-state index contributed by atoms with van der Waals surface area (Å²) in [5.41, 5.74) is 0.192. The van der Waals surface area contributed by atoms with Crippen LogP contribution >= 0.6 is 27.5 Å². The first kappa shape index (κ1) is 16.3. The number of halogens is 2. The van der Waals surface area contributed by atoms with Gasteiger partial charge < -0.3 is 10.1 Å². The maximum absolute atomic E-state index is 12.4. The van der Waals surface area contributed by atoms with Crippen LogP contribution in [0.5, 0.6) is 5.75 Å². The number of carbonyl (C=O) groups excluding carboxylic acids is 1. The van der Waals surface area contributed by atoms with E-state index in [9.17, 15) is 4.79 Å². The molecule has 0 fully saturated rings. The summed E-state index contributed by atoms with van der Waals surface area (Å²) in [6.45, 7) is 4.04. The maximum atomic E-state index is 12.4. The number of alkyl halides is 1. The van der Waals surface area contributed by atoms with Crippen LogP contribution in [-0.4, -0.2) is 24.4 Å². The van der Waals surface area contributed by atoms with Crippen LogP contribution < -0.4 is 10.1 Å². The minimum Gasteiger partial charge on any atom is -0.497 e. The molecule has 0 heterocycles. The molecule has 0 aliphatic rings. The molecule has 1 aromatic rings. The minimum atomic E-state index is -0.360. The van der Waals surface area contributed by atoms with Crippen molar-refractivity contribution in [2.24, 2.45) is 0 Å². The molecule has 106 valence electrons. The molecule has 0 bridgehead atoms. The highest BCUT2D eigenvalue weighted by Crippen LogP contribution is 2.24. The Kier molecular flexibility index (Phi) is 6.14. The van der Waals surface area contributed by atoms with E-state index in [1.165, 1.54) is 0 Å². The Morgan fingerprint density at radius 3 is 2.53 bits per heavy atom. The predicted molar refractivity (Wildman–Crippen MR) is 82.2 cm³/mol. The van der Waals surface area contributed by atoms with Gasteiger partial charge >= 0.3 is 0 Å². The molecule has 0 aliphatic heterocycles. The SMILES string of the molecule is CCC(CC)(CCl)NC(=O)c1cc(OC)ccc1Br. The van der Waals surface area contributed by atoms with Gasteiger partial charge in [-0.25, -0.2) is 0 Å². The number of hydrogen-bond acceptors (Lipinski definition) is 2. The van der Waals surface area contributed by atoms with Crippen LogP contribution in [0, 0.1) is 0 Å². The summed E-state index contributed by atoms with van der Waals surface area (Å²) in [7, 11) is 1.58. The average molecular weight is 349 g/mol. The summed E-state index contributed by atoms with van der Waals surface area (Å²) in [5, 5.41) is 3.03. The standard InChI is InChI=1S/C14H19BrClNO2/c1-4-14(5-2,9-16)17-13(18)11-8-10(19-3)6-7-12(11)15/h6-8H,4-5,9H2,1-3H3,(H,17,18). The normalized spacial score (nSPS) is 11.2. The van der Waals surface area contributed by atoms with Crippen LogP contribution in [0.2, 0.25) is 0 Å². The van der Waals surface area contributed by atoms with Crippen LogP contribution in [0.3, 0.4) is 0 Å². The highest BCUT2D eigenvalue weighted by atomic mass is 79.9. The lowest BCUT2D eigenvalue weighted by atomic mass is 9.94. The number of methoxy groups -OCH3 is 1. The number of amides is 1. The van der Waals surface area contributed by atoms with Gasteiger partial charge in [-0.1, -0.05) is 13.8 Å². The molecule has 0 unspecified atom stereocenters. The van der Waals surface area contributed by atoms with E-state index in [0.29, 0.717) is 17.2 Å². The zero-order valence-electron chi connectivity index (χ0n) is 11.4. The first-order valence-corrected chi connectivity index (χ1v) is 7.56. The van der Waals surface area contributed by atoms with E-state index >= 15 is 0 Å². The molecule has 0 aromatic heterocycles. The molecule has 0 spiro atoms. The smallest absolute Gasteiger partial charge is 0.253 e. The molecule has 1 N–H and O–H groups in total. The van der Waals surface area contributed by atoms with Crippen molar-refractivity contribution < 1.29 is 9.53 Å². The molecule has 0 saturated heterocycles. The van der Waals surface area contributed by atoms with E-state index in [-0.39, 0.29) is 11.4 Å². The number of carbonyl (C=O) groups is 1. The van der Waals surface area contributed by atoms with Gasteiger partial charge in [0.25, 0.3) is 5.91 Å². The van der Waals surface area contributed by atoms with Gasteiger partial charge in [0, 0.05) is 10.4 Å². The van der Waals surface area contributed by atoms with Crippen molar-refractivity contribution in [2.45, 2.75) is 32.2 Å². The van der Waals surface area contributed by atoms with Crippen molar-refractivity contribution >= 4 is 33.4 Å². The van der Waals surface area contributed by atoms with Crippen molar-refractivity contribution in [2.75, 3.05) is 13.0 Å². The van der Waals surface area contributed by atoms with E-state index in [1.807, 2.05) is 13.8 Å². The van der Waals surface area contributed by atoms with Gasteiger partial charge in [0.05, 0.1) is 18.2 Å². The highest BCUT2D eigenvalue weighted by Gasteiger charge is 2.28. The minimum absolute atomic E-state index is 0.143. The summed E-state index contributed by atoms with van der Waals surface area (Å²) in [4.78, 5) is 12.4. The first-order valence-electron chi connectivity index (χ1n) is 6.24. The van der Waals surface area contributed by atoms with Gasteiger partial charge in [0.2, 0.25) is 0 Å². The highest BCUT2D eigenvalue weighted by molar-refractivity contribution is 9.10. The summed E-state index contributed by atoms with van der Waals surface area (Å²) >= 11 is 9.39. The van der Waals surface area contributed by atoms with Gasteiger partial charge in [0.1, 0.15) is 5.75 Å². The molecule has 0 saturated carbocycles. The Labute approximate surface area is 127 Å². The molecule has 1 aromatic carbocycles. The topological polar surface area (TPSA) is 38.3 Å². The summed E-state index contributed by atoms with van der Waals surface area (Å²) < 4.78 is 5.88. The zero-order valence-corrected chi connectivity index (χ0v) is 13.8. The number of nitrogens with one attached hydrogen (secondary N) is 1. The third-order valence-corrected chi connectivity index (χ3v) is 4.61. The third-order valence-electron chi connectivity index (χ3n) is 3.41. The Balaban J connectivity index is 3.00. The Morgan fingerprint density at radius 1 is 1.42 bits per heavy atom. The number of rotatable bonds is 6. The van der Waals surface area contributed by atoms with Gasteiger partial charge in [-0.15, -0.1) is 11.6 Å². The molecule has 1 amide bonds. The Bertz CT molecular complexity index is 439. The number of benzene rings is 1. The molecule has 1 rings (SSSR count). The molecule has 19 heavy (non-hydrogen) atoms. The lowest BCUT2D eigenvalue weighted by Crippen LogP contribution is -2.49. The van der Waals surface area contributed by atoms with Gasteiger partial charge in [-0.2, -0.15) is 0 Å². The molecular weight excluding hydrogens is 330 g/mol. The van der Waals surface area contributed by atoms with Crippen molar-refractivity contribution in [1.82, 2.24) is 5.32 Å². The lowest BCUT2D eigenvalue weighted by molar-refractivity contribution is 0.0901. The summed E-state index contributed by atoms with van der Waals surface area (Å²) in [6.07, 6.45) is 1.58. The van der Waals surface area contributed by atoms with Crippen LogP contribution in [-0.2, 0) is 0 Å². The van der Waals surface area contributed by atoms with Crippen LogP contribution in [0.25, 0.3) is 0 Å². The predicted octanol–water partition coefficient (Wildman–Crippen LogP) is 3.99. The lowest BCUT2D eigenvalue weighted by Gasteiger charge is -2.30. The first-order chi connectivity index (χ1) is 9.01. The van der Waals surface area contributed by atoms with E-state index in [0.717, 1.165) is 17.3 Å². The summed E-state index contributed by atoms with van der Waals surface area (Å²) in [6, 6.07) is 5.31. The van der Waals surface area contributed by atoms with Gasteiger partial charge in [0.15, 0.2) is 0 Å². The van der Waals surface area contributed by atoms with Crippen molar-refractivity contribution in [1.29, 1.82) is 0 Å². The van der Waals surface area contributed by atoms with Gasteiger partial charge in [-0.05, 0) is 47.0 Å². The quantitative estimate of drug-likeness (QED) is 0.790. The Morgan fingerprint density at radius 2 is 2.05 bits per heavy atom. The van der Waals surface area contributed by atoms with E-state index in [1.54, 1.807) is 25.3 Å². The fourth-order valence-corrected chi connectivity index (χ4v) is 2.63. The molecular formula is C14H19BrClNO2. The van der Waals surface area contributed by atoms with Gasteiger partial charge in [-0.3, -0.25) is 4.79 Å². The van der Waals surface area contributed by atoms with Crippen LogP contribution in [0.1, 0.15) is 37.0 Å². The summed E-state index contributed by atoms with van der Waals surface area (Å²) in [5.74, 6) is 0.904. The van der Waals surface area contributed by atoms with E-state index in [2.05, 4.69) is 21.2 Å². The van der Waals surface area contributed by atoms with E-state index < -0.39 is 0 Å². The largest absolute Gasteiger partial charge is 0.497 e. The second-order valence-electron chi connectivity index (χ2n) is 4.42. The van der Waals surface area contributed by atoms with Crippen LogP contribution in [0.4, 0.5) is 0 Å². The third kappa shape index (κ3) is 3.86. The van der Waals surface area contributed by atoms with E-state index in [4.69, 9.17) is 16.3 Å². The van der Waals surface area contributed by atoms with Crippen molar-refractivity contribution in [3.63, 3.8) is 0 Å². The zero-order chi connectivity index (χ0) is 14.5. The molecule has 0 aliphatic carbocycles. The number of ether oxygens (including phenoxy) is 1. The fraction of sp³-hybridized carbons (Fsp3) is 0.500. The molecule has 0 atom stereocenters. The average Bonchev–Trinajstić information content (AvgIpc) is 2.45. The monoisotopic (exact) mass is 347 g/mol. The molecule has 0 radical (unpaired) electrons. The van der Waals surface area contributed by atoms with Crippen molar-refractivity contribution in [3.05, 3.63) is 28.2 Å². The molecule has 5 heteroatoms. The van der Waals surface area contributed by atoms with Crippen molar-refractivity contribution in [3.8, 4) is 5.75 Å². The maximum Gasteiger partial charge on any atom is 0.253 e. The molecule has 3 nitrogen and oxygen atoms in total. The fourth-order valence-electron chi connectivity index (χ4n) is 1.76.